The molecule has 1 aromatic rings. The smallest absolute Gasteiger partial charge is 0.293 e. The molecule has 1 aromatic carbocycles. The summed E-state index contributed by atoms with van der Waals surface area (Å²) in [4.78, 5) is 15.1. The molecule has 1 saturated heterocycles. The molecule has 126 valence electrons. The molecule has 5 atom stereocenters. The minimum absolute atomic E-state index is 0.0891. The standard InChI is InChI=1S/C16H13N5O4/c1-9-6-24-16(25-9)15(8-18)12(14(15,7-17)13(19)20-16)10-4-2-3-5-11(10)21(22)23/h2-5,9,12H,6H2,1H3,(H2,19,20)/t9-,12-,14-,15-,16-/m1/s1. The van der Waals surface area contributed by atoms with Crippen LogP contribution in [0.4, 0.5) is 5.69 Å². The summed E-state index contributed by atoms with van der Waals surface area (Å²) in [5.41, 5.74) is 3.02. The maximum Gasteiger partial charge on any atom is 0.293 e. The van der Waals surface area contributed by atoms with Gasteiger partial charge in [-0.25, -0.2) is 4.99 Å². The van der Waals surface area contributed by atoms with Crippen LogP contribution in [0, 0.1) is 43.6 Å². The number of nitro groups is 1. The molecule has 0 amide bonds. The zero-order chi connectivity index (χ0) is 18.0. The van der Waals surface area contributed by atoms with Crippen molar-refractivity contribution < 1.29 is 14.4 Å². The number of nitrogens with zero attached hydrogens (tertiary/aromatic N) is 4. The van der Waals surface area contributed by atoms with E-state index >= 15 is 0 Å². The maximum atomic E-state index is 11.4. The van der Waals surface area contributed by atoms with Gasteiger partial charge < -0.3 is 15.2 Å². The van der Waals surface area contributed by atoms with Gasteiger partial charge in [0.05, 0.1) is 29.8 Å². The second-order valence-electron chi connectivity index (χ2n) is 6.41. The van der Waals surface area contributed by atoms with E-state index in [0.717, 1.165) is 0 Å². The number of benzene rings is 1. The Kier molecular flexibility index (Phi) is 2.82. The molecule has 0 unspecified atom stereocenters. The molecule has 0 aromatic heterocycles. The first kappa shape index (κ1) is 15.5. The number of aliphatic imine (C=N–C) groups is 1. The third-order valence-electron chi connectivity index (χ3n) is 5.25. The minimum Gasteiger partial charge on any atom is -0.386 e. The number of fused-ring (bicyclic) bond motifs is 2. The van der Waals surface area contributed by atoms with Crippen LogP contribution in [0.1, 0.15) is 18.4 Å². The molecule has 2 N–H and O–H groups in total. The van der Waals surface area contributed by atoms with E-state index in [9.17, 15) is 20.6 Å². The highest BCUT2D eigenvalue weighted by molar-refractivity contribution is 6.00. The molecule has 2 aliphatic heterocycles. The van der Waals surface area contributed by atoms with Gasteiger partial charge in [0.2, 0.25) is 0 Å². The van der Waals surface area contributed by atoms with Crippen LogP contribution in [-0.2, 0) is 9.47 Å². The van der Waals surface area contributed by atoms with Gasteiger partial charge in [-0.05, 0) is 6.92 Å². The molecule has 0 radical (unpaired) electrons. The summed E-state index contributed by atoms with van der Waals surface area (Å²) in [7, 11) is 0. The van der Waals surface area contributed by atoms with Crippen LogP contribution < -0.4 is 5.73 Å². The Labute approximate surface area is 142 Å². The van der Waals surface area contributed by atoms with E-state index in [2.05, 4.69) is 17.1 Å². The van der Waals surface area contributed by atoms with Gasteiger partial charge in [0.15, 0.2) is 5.41 Å². The van der Waals surface area contributed by atoms with Crippen molar-refractivity contribution in [2.45, 2.75) is 24.9 Å². The quantitative estimate of drug-likeness (QED) is 0.628. The summed E-state index contributed by atoms with van der Waals surface area (Å²) in [5, 5.41) is 31.3. The topological polar surface area (TPSA) is 148 Å². The second-order valence-corrected chi connectivity index (χ2v) is 6.41. The molecule has 1 spiro atoms. The highest BCUT2D eigenvalue weighted by atomic mass is 16.8. The van der Waals surface area contributed by atoms with E-state index in [4.69, 9.17) is 15.2 Å². The van der Waals surface area contributed by atoms with Crippen molar-refractivity contribution in [3.63, 3.8) is 0 Å². The highest BCUT2D eigenvalue weighted by Gasteiger charge is 2.95. The number of amidine groups is 1. The van der Waals surface area contributed by atoms with Gasteiger partial charge in [0, 0.05) is 17.5 Å². The highest BCUT2D eigenvalue weighted by Crippen LogP contribution is 2.83. The number of nitriles is 2. The predicted molar refractivity (Wildman–Crippen MR) is 82.8 cm³/mol. The van der Waals surface area contributed by atoms with Gasteiger partial charge in [-0.1, -0.05) is 18.2 Å². The van der Waals surface area contributed by atoms with Gasteiger partial charge in [-0.3, -0.25) is 10.1 Å². The zero-order valence-corrected chi connectivity index (χ0v) is 13.2. The molecule has 1 aliphatic carbocycles. The Morgan fingerprint density at radius 2 is 2.12 bits per heavy atom. The average molecular weight is 339 g/mol. The fourth-order valence-corrected chi connectivity index (χ4v) is 4.23. The largest absolute Gasteiger partial charge is 0.386 e. The van der Waals surface area contributed by atoms with Crippen molar-refractivity contribution in [1.82, 2.24) is 0 Å². The monoisotopic (exact) mass is 339 g/mol. The van der Waals surface area contributed by atoms with Gasteiger partial charge in [0.1, 0.15) is 11.3 Å². The normalized spacial score (nSPS) is 40.8. The number of hydrogen-bond acceptors (Lipinski definition) is 8. The number of para-hydroxylation sites is 1. The Balaban J connectivity index is 1.96. The lowest BCUT2D eigenvalue weighted by Gasteiger charge is -2.26. The summed E-state index contributed by atoms with van der Waals surface area (Å²) >= 11 is 0. The van der Waals surface area contributed by atoms with E-state index < -0.39 is 27.6 Å². The maximum absolute atomic E-state index is 11.4. The third kappa shape index (κ3) is 1.46. The molecule has 3 aliphatic rings. The van der Waals surface area contributed by atoms with Crippen LogP contribution in [-0.4, -0.2) is 29.4 Å². The lowest BCUT2D eigenvalue weighted by atomic mass is 9.93. The lowest BCUT2D eigenvalue weighted by Crippen LogP contribution is -2.39. The predicted octanol–water partition coefficient (Wildman–Crippen LogP) is 1.17. The molecule has 2 heterocycles. The van der Waals surface area contributed by atoms with Crippen LogP contribution >= 0.6 is 0 Å². The summed E-state index contributed by atoms with van der Waals surface area (Å²) < 4.78 is 11.5. The Morgan fingerprint density at radius 1 is 1.40 bits per heavy atom. The fraction of sp³-hybridized carbons (Fsp3) is 0.438. The first-order chi connectivity index (χ1) is 11.9. The summed E-state index contributed by atoms with van der Waals surface area (Å²) in [6, 6.07) is 10.2. The number of hydrogen-bond donors (Lipinski definition) is 1. The molecule has 4 rings (SSSR count). The van der Waals surface area contributed by atoms with Crippen molar-refractivity contribution in [3.05, 3.63) is 39.9 Å². The van der Waals surface area contributed by atoms with Gasteiger partial charge in [0.25, 0.3) is 11.6 Å². The van der Waals surface area contributed by atoms with Gasteiger partial charge >= 0.3 is 0 Å². The second kappa shape index (κ2) is 4.54. The van der Waals surface area contributed by atoms with Crippen LogP contribution in [0.3, 0.4) is 0 Å². The van der Waals surface area contributed by atoms with Crippen molar-refractivity contribution in [2.75, 3.05) is 6.61 Å². The van der Waals surface area contributed by atoms with Gasteiger partial charge in [-0.15, -0.1) is 0 Å². The van der Waals surface area contributed by atoms with Crippen molar-refractivity contribution in [2.24, 2.45) is 21.6 Å². The summed E-state index contributed by atoms with van der Waals surface area (Å²) in [5.74, 6) is -2.66. The molecule has 9 heteroatoms. The minimum atomic E-state index is -1.71. The van der Waals surface area contributed by atoms with E-state index in [1.165, 1.54) is 18.2 Å². The van der Waals surface area contributed by atoms with E-state index in [1.54, 1.807) is 13.0 Å². The van der Waals surface area contributed by atoms with Crippen LogP contribution in [0.5, 0.6) is 0 Å². The number of nitrogens with two attached hydrogens (primary N) is 1. The van der Waals surface area contributed by atoms with Crippen LogP contribution in [0.15, 0.2) is 29.3 Å². The van der Waals surface area contributed by atoms with Crippen molar-refractivity contribution in [1.29, 1.82) is 10.5 Å². The average Bonchev–Trinajstić information content (AvgIpc) is 2.98. The molecular weight excluding hydrogens is 326 g/mol. The Bertz CT molecular complexity index is 918. The molecule has 25 heavy (non-hydrogen) atoms. The Hall–Kier alpha value is -3.01. The lowest BCUT2D eigenvalue weighted by molar-refractivity contribution is -0.385. The van der Waals surface area contributed by atoms with E-state index in [1.807, 2.05) is 0 Å². The van der Waals surface area contributed by atoms with E-state index in [-0.39, 0.29) is 29.8 Å². The SMILES string of the molecule is C[C@@H]1CO[C@@]2(N=C(N)[C@@]3(C#N)[C@@H](c4ccccc4[N+](=O)[O-])[C@@]23C#N)O1. The van der Waals surface area contributed by atoms with Crippen LogP contribution in [0.2, 0.25) is 0 Å². The number of rotatable bonds is 2. The summed E-state index contributed by atoms with van der Waals surface area (Å²) in [6.07, 6.45) is -0.344. The molecule has 2 fully saturated rings. The number of nitro benzene ring substituents is 1. The Morgan fingerprint density at radius 3 is 2.68 bits per heavy atom. The fourth-order valence-electron chi connectivity index (χ4n) is 4.23. The van der Waals surface area contributed by atoms with Crippen molar-refractivity contribution in [3.8, 4) is 12.1 Å². The van der Waals surface area contributed by atoms with Crippen LogP contribution in [0.25, 0.3) is 0 Å². The van der Waals surface area contributed by atoms with Gasteiger partial charge in [-0.2, -0.15) is 10.5 Å². The molecule has 0 bridgehead atoms. The molecular formula is C16H13N5O4. The molecule has 9 nitrogen and oxygen atoms in total. The number of ether oxygens (including phenoxy) is 2. The molecule has 1 saturated carbocycles. The summed E-state index contributed by atoms with van der Waals surface area (Å²) in [6.45, 7) is 1.94. The first-order valence-electron chi connectivity index (χ1n) is 7.63. The first-order valence-corrected chi connectivity index (χ1v) is 7.63. The van der Waals surface area contributed by atoms with E-state index in [0.29, 0.717) is 0 Å². The zero-order valence-electron chi connectivity index (χ0n) is 13.2. The van der Waals surface area contributed by atoms with Crippen molar-refractivity contribution >= 4 is 11.5 Å². The third-order valence-corrected chi connectivity index (χ3v) is 5.25.